The molecule has 0 amide bonds. The third-order valence-electron chi connectivity index (χ3n) is 3.26. The number of nitrogens with two attached hydrogens (primary N) is 1. The molecule has 0 bridgehead atoms. The molecule has 0 spiro atoms. The molecule has 0 aromatic carbocycles. The quantitative estimate of drug-likeness (QED) is 0.920. The normalized spacial score (nSPS) is 27.4. The second-order valence-corrected chi connectivity index (χ2v) is 4.68. The molecule has 98 valence electrons. The monoisotopic (exact) mass is 279 g/mol. The van der Waals surface area contributed by atoms with Crippen molar-refractivity contribution in [2.24, 2.45) is 11.7 Å². The first-order chi connectivity index (χ1) is 7.33. The Kier molecular flexibility index (Phi) is 5.25. The molecule has 1 saturated heterocycles. The van der Waals surface area contributed by atoms with Crippen molar-refractivity contribution in [3.05, 3.63) is 18.0 Å². The van der Waals surface area contributed by atoms with Crippen molar-refractivity contribution < 1.29 is 4.74 Å². The van der Waals surface area contributed by atoms with E-state index in [0.717, 1.165) is 31.1 Å². The summed E-state index contributed by atoms with van der Waals surface area (Å²) < 4.78 is 7.64. The van der Waals surface area contributed by atoms with E-state index in [-0.39, 0.29) is 37.0 Å². The fourth-order valence-corrected chi connectivity index (χ4v) is 2.14. The van der Waals surface area contributed by atoms with Crippen LogP contribution in [0.5, 0.6) is 0 Å². The number of hydrogen-bond acceptors (Lipinski definition) is 3. The van der Waals surface area contributed by atoms with Crippen LogP contribution in [0.25, 0.3) is 0 Å². The molecule has 2 heterocycles. The van der Waals surface area contributed by atoms with Crippen LogP contribution < -0.4 is 5.73 Å². The van der Waals surface area contributed by atoms with Gasteiger partial charge in [-0.1, -0.05) is 0 Å². The summed E-state index contributed by atoms with van der Waals surface area (Å²) >= 11 is 0. The first kappa shape index (κ1) is 14.8. The Morgan fingerprint density at radius 2 is 2.12 bits per heavy atom. The number of hydrogen-bond donors (Lipinski definition) is 1. The fraction of sp³-hybridized carbons (Fsp3) is 0.727. The van der Waals surface area contributed by atoms with Crippen molar-refractivity contribution >= 4 is 24.8 Å². The highest BCUT2D eigenvalue weighted by Crippen LogP contribution is 2.31. The smallest absolute Gasteiger partial charge is 0.101 e. The van der Waals surface area contributed by atoms with Gasteiger partial charge >= 0.3 is 0 Å². The highest BCUT2D eigenvalue weighted by molar-refractivity contribution is 5.85. The van der Waals surface area contributed by atoms with Crippen LogP contribution in [0.4, 0.5) is 0 Å². The number of halogens is 2. The molecule has 2 fully saturated rings. The van der Waals surface area contributed by atoms with Gasteiger partial charge in [0.2, 0.25) is 0 Å². The van der Waals surface area contributed by atoms with Gasteiger partial charge in [0.25, 0.3) is 0 Å². The topological polar surface area (TPSA) is 53.1 Å². The Balaban J connectivity index is 0.000000722. The number of nitrogens with zero attached hydrogens (tertiary/aromatic N) is 2. The molecule has 17 heavy (non-hydrogen) atoms. The molecule has 1 aromatic rings. The predicted octanol–water partition coefficient (Wildman–Crippen LogP) is 1.93. The minimum Gasteiger partial charge on any atom is -0.372 e. The van der Waals surface area contributed by atoms with E-state index in [1.807, 2.05) is 10.9 Å². The van der Waals surface area contributed by atoms with Gasteiger partial charge < -0.3 is 10.5 Å². The van der Waals surface area contributed by atoms with Crippen molar-refractivity contribution in [2.75, 3.05) is 6.61 Å². The molecule has 1 aliphatic heterocycles. The molecular weight excluding hydrogens is 261 g/mol. The summed E-state index contributed by atoms with van der Waals surface area (Å²) in [4.78, 5) is 0. The number of rotatable bonds is 3. The average molecular weight is 280 g/mol. The van der Waals surface area contributed by atoms with Crippen LogP contribution in [0.2, 0.25) is 0 Å². The van der Waals surface area contributed by atoms with E-state index in [1.54, 1.807) is 0 Å². The molecular formula is C11H19Cl2N3O. The van der Waals surface area contributed by atoms with Crippen LogP contribution in [-0.2, 0) is 11.3 Å². The second kappa shape index (κ2) is 6.05. The minimum atomic E-state index is 0. The lowest BCUT2D eigenvalue weighted by atomic mass is 10.1. The van der Waals surface area contributed by atoms with Crippen LogP contribution in [-0.4, -0.2) is 22.4 Å². The largest absolute Gasteiger partial charge is 0.372 e. The molecule has 1 saturated carbocycles. The molecule has 6 heteroatoms. The zero-order valence-electron chi connectivity index (χ0n) is 9.62. The molecule has 3 rings (SSSR count). The van der Waals surface area contributed by atoms with Gasteiger partial charge in [0.15, 0.2) is 0 Å². The van der Waals surface area contributed by atoms with E-state index >= 15 is 0 Å². The molecule has 4 nitrogen and oxygen atoms in total. The predicted molar refractivity (Wildman–Crippen MR) is 70.7 cm³/mol. The average Bonchev–Trinajstić information content (AvgIpc) is 2.74. The Hall–Kier alpha value is -0.290. The van der Waals surface area contributed by atoms with E-state index < -0.39 is 0 Å². The third kappa shape index (κ3) is 3.35. The Morgan fingerprint density at radius 3 is 2.71 bits per heavy atom. The lowest BCUT2D eigenvalue weighted by Gasteiger charge is -2.11. The molecule has 2 N–H and O–H groups in total. The number of aromatic nitrogens is 2. The third-order valence-corrected chi connectivity index (χ3v) is 3.26. The van der Waals surface area contributed by atoms with E-state index in [2.05, 4.69) is 11.3 Å². The Bertz CT molecular complexity index is 354. The van der Waals surface area contributed by atoms with Gasteiger partial charge in [-0.3, -0.25) is 4.68 Å². The SMILES string of the molecule is Cl.Cl.N[C@@H]1CCO[C@H]1c1cnn(CC2CC2)c1. The maximum atomic E-state index is 5.97. The number of ether oxygens (including phenoxy) is 1. The van der Waals surface area contributed by atoms with Crippen LogP contribution in [0.15, 0.2) is 12.4 Å². The van der Waals surface area contributed by atoms with E-state index in [4.69, 9.17) is 10.5 Å². The van der Waals surface area contributed by atoms with Gasteiger partial charge in [-0.15, -0.1) is 24.8 Å². The minimum absolute atomic E-state index is 0. The summed E-state index contributed by atoms with van der Waals surface area (Å²) in [5.41, 5.74) is 7.11. The van der Waals surface area contributed by atoms with Gasteiger partial charge in [-0.25, -0.2) is 0 Å². The summed E-state index contributed by atoms with van der Waals surface area (Å²) in [5.74, 6) is 0.857. The summed E-state index contributed by atoms with van der Waals surface area (Å²) in [5, 5.41) is 4.36. The van der Waals surface area contributed by atoms with E-state index in [0.29, 0.717) is 0 Å². The first-order valence-corrected chi connectivity index (χ1v) is 5.72. The van der Waals surface area contributed by atoms with Crippen LogP contribution in [0.3, 0.4) is 0 Å². The van der Waals surface area contributed by atoms with Gasteiger partial charge in [0, 0.05) is 31.0 Å². The van der Waals surface area contributed by atoms with Crippen LogP contribution in [0.1, 0.15) is 30.9 Å². The Labute approximate surface area is 114 Å². The second-order valence-electron chi connectivity index (χ2n) is 4.68. The van der Waals surface area contributed by atoms with Gasteiger partial charge in [-0.2, -0.15) is 5.10 Å². The standard InChI is InChI=1S/C11H17N3O.2ClH/c12-10-3-4-15-11(10)9-5-13-14(7-9)6-8-1-2-8;;/h5,7-8,10-11H,1-4,6,12H2;2*1H/t10-,11+;;/m1../s1. The summed E-state index contributed by atoms with van der Waals surface area (Å²) in [6.45, 7) is 1.83. The summed E-state index contributed by atoms with van der Waals surface area (Å²) in [7, 11) is 0. The lowest BCUT2D eigenvalue weighted by molar-refractivity contribution is 0.105. The zero-order valence-corrected chi connectivity index (χ0v) is 11.3. The molecule has 2 aliphatic rings. The molecule has 0 unspecified atom stereocenters. The van der Waals surface area contributed by atoms with E-state index in [9.17, 15) is 0 Å². The van der Waals surface area contributed by atoms with Crippen molar-refractivity contribution in [3.63, 3.8) is 0 Å². The fourth-order valence-electron chi connectivity index (χ4n) is 2.14. The van der Waals surface area contributed by atoms with Crippen molar-refractivity contribution in [2.45, 2.75) is 38.0 Å². The summed E-state index contributed by atoms with van der Waals surface area (Å²) in [6.07, 6.45) is 7.73. The molecule has 2 atom stereocenters. The maximum absolute atomic E-state index is 5.97. The van der Waals surface area contributed by atoms with Gasteiger partial charge in [0.1, 0.15) is 6.10 Å². The molecule has 1 aliphatic carbocycles. The Morgan fingerprint density at radius 1 is 1.35 bits per heavy atom. The van der Waals surface area contributed by atoms with Crippen LogP contribution >= 0.6 is 24.8 Å². The zero-order chi connectivity index (χ0) is 10.3. The van der Waals surface area contributed by atoms with Crippen molar-refractivity contribution in [1.82, 2.24) is 9.78 Å². The molecule has 1 aromatic heterocycles. The lowest BCUT2D eigenvalue weighted by Crippen LogP contribution is -2.23. The first-order valence-electron chi connectivity index (χ1n) is 5.72. The highest BCUT2D eigenvalue weighted by Gasteiger charge is 2.28. The molecule has 0 radical (unpaired) electrons. The van der Waals surface area contributed by atoms with Crippen molar-refractivity contribution in [1.29, 1.82) is 0 Å². The van der Waals surface area contributed by atoms with Crippen LogP contribution in [0, 0.1) is 5.92 Å². The highest BCUT2D eigenvalue weighted by atomic mass is 35.5. The van der Waals surface area contributed by atoms with Crippen molar-refractivity contribution in [3.8, 4) is 0 Å². The van der Waals surface area contributed by atoms with Gasteiger partial charge in [-0.05, 0) is 25.2 Å². The van der Waals surface area contributed by atoms with Gasteiger partial charge in [0.05, 0.1) is 6.20 Å². The maximum Gasteiger partial charge on any atom is 0.101 e. The summed E-state index contributed by atoms with van der Waals surface area (Å²) in [6, 6.07) is 0.142. The van der Waals surface area contributed by atoms with E-state index in [1.165, 1.54) is 12.8 Å².